The van der Waals surface area contributed by atoms with Crippen molar-refractivity contribution in [3.63, 3.8) is 0 Å². The number of nitrogens with one attached hydrogen (secondary N) is 1. The van der Waals surface area contributed by atoms with E-state index in [1.807, 2.05) is 0 Å². The summed E-state index contributed by atoms with van der Waals surface area (Å²) in [5.74, 6) is 1.10. The summed E-state index contributed by atoms with van der Waals surface area (Å²) in [6.45, 7) is 9.96. The summed E-state index contributed by atoms with van der Waals surface area (Å²) in [5.41, 5.74) is 1.00. The molecular weight excluding hydrogens is 368 g/mol. The van der Waals surface area contributed by atoms with Crippen molar-refractivity contribution >= 4 is 17.3 Å². The van der Waals surface area contributed by atoms with Crippen LogP contribution >= 0.6 is 0 Å². The Kier molecular flexibility index (Phi) is 7.47. The number of nitro groups is 1. The zero-order chi connectivity index (χ0) is 20.8. The van der Waals surface area contributed by atoms with E-state index in [4.69, 9.17) is 0 Å². The maximum Gasteiger partial charge on any atom is 0.293 e. The van der Waals surface area contributed by atoms with Gasteiger partial charge in [0.25, 0.3) is 11.6 Å². The second-order valence-electron chi connectivity index (χ2n) is 8.79. The molecule has 1 aromatic rings. The van der Waals surface area contributed by atoms with Crippen molar-refractivity contribution in [2.45, 2.75) is 46.0 Å². The van der Waals surface area contributed by atoms with E-state index >= 15 is 0 Å². The number of carbonyl (C=O) groups is 1. The molecule has 0 saturated carbocycles. The molecule has 0 spiro atoms. The lowest BCUT2D eigenvalue weighted by Gasteiger charge is -2.32. The number of hydrogen-bond donors (Lipinski definition) is 1. The second-order valence-corrected chi connectivity index (χ2v) is 8.79. The average molecular weight is 403 g/mol. The van der Waals surface area contributed by atoms with Gasteiger partial charge in [0.05, 0.1) is 4.92 Å². The Bertz CT molecular complexity index is 716. The summed E-state index contributed by atoms with van der Waals surface area (Å²) in [5, 5.41) is 14.5. The lowest BCUT2D eigenvalue weighted by atomic mass is 9.99. The highest BCUT2D eigenvalue weighted by Gasteiger charge is 2.25. The molecule has 2 aliphatic heterocycles. The first-order chi connectivity index (χ1) is 13.9. The zero-order valence-corrected chi connectivity index (χ0v) is 17.7. The molecule has 1 unspecified atom stereocenters. The summed E-state index contributed by atoms with van der Waals surface area (Å²) in [6, 6.07) is 4.87. The highest BCUT2D eigenvalue weighted by Crippen LogP contribution is 2.32. The first-order valence-corrected chi connectivity index (χ1v) is 11.0. The topological polar surface area (TPSA) is 78.7 Å². The number of carbonyl (C=O) groups excluding carboxylic acids is 1. The Morgan fingerprint density at radius 2 is 1.93 bits per heavy atom. The Hall–Kier alpha value is -2.15. The minimum atomic E-state index is -0.372. The van der Waals surface area contributed by atoms with Gasteiger partial charge in [0.1, 0.15) is 5.69 Å². The van der Waals surface area contributed by atoms with Gasteiger partial charge in [-0.2, -0.15) is 0 Å². The summed E-state index contributed by atoms with van der Waals surface area (Å²) >= 11 is 0. The number of anilines is 1. The molecule has 1 aromatic carbocycles. The molecule has 3 rings (SSSR count). The summed E-state index contributed by atoms with van der Waals surface area (Å²) in [4.78, 5) is 28.3. The predicted molar refractivity (Wildman–Crippen MR) is 115 cm³/mol. The number of rotatable bonds is 7. The highest BCUT2D eigenvalue weighted by atomic mass is 16.6. The number of nitrogens with zero attached hydrogens (tertiary/aromatic N) is 3. The number of hydrogen-bond acceptors (Lipinski definition) is 5. The predicted octanol–water partition coefficient (Wildman–Crippen LogP) is 3.68. The van der Waals surface area contributed by atoms with E-state index in [1.165, 1.54) is 18.9 Å². The van der Waals surface area contributed by atoms with Gasteiger partial charge < -0.3 is 15.1 Å². The number of likely N-dealkylation sites (tertiary alicyclic amines) is 1. The SMILES string of the molecule is CC1CCN(CCCNC(=O)c2ccc(N3CCCC(C)C3)c([N+](=O)[O-])c2)CC1. The smallest absolute Gasteiger partial charge is 0.293 e. The fourth-order valence-electron chi connectivity index (χ4n) is 4.38. The molecule has 0 aromatic heterocycles. The lowest BCUT2D eigenvalue weighted by molar-refractivity contribution is -0.384. The van der Waals surface area contributed by atoms with Crippen LogP contribution in [0.1, 0.15) is 56.3 Å². The fourth-order valence-corrected chi connectivity index (χ4v) is 4.38. The van der Waals surface area contributed by atoms with Crippen LogP contribution in [-0.2, 0) is 0 Å². The van der Waals surface area contributed by atoms with Gasteiger partial charge in [0.15, 0.2) is 0 Å². The molecule has 2 saturated heterocycles. The van der Waals surface area contributed by atoms with E-state index in [0.29, 0.717) is 23.7 Å². The summed E-state index contributed by atoms with van der Waals surface area (Å²) in [6.07, 6.45) is 5.58. The molecule has 2 aliphatic rings. The summed E-state index contributed by atoms with van der Waals surface area (Å²) < 4.78 is 0. The van der Waals surface area contributed by atoms with Gasteiger partial charge in [-0.3, -0.25) is 14.9 Å². The third-order valence-corrected chi connectivity index (χ3v) is 6.24. The van der Waals surface area contributed by atoms with Crippen LogP contribution in [0.15, 0.2) is 18.2 Å². The van der Waals surface area contributed by atoms with Crippen molar-refractivity contribution < 1.29 is 9.72 Å². The zero-order valence-electron chi connectivity index (χ0n) is 17.7. The molecule has 1 amide bonds. The van der Waals surface area contributed by atoms with Gasteiger partial charge in [0.2, 0.25) is 0 Å². The number of nitro benzene ring substituents is 1. The molecule has 1 atom stereocenters. The quantitative estimate of drug-likeness (QED) is 0.428. The van der Waals surface area contributed by atoms with Crippen LogP contribution in [0.25, 0.3) is 0 Å². The van der Waals surface area contributed by atoms with Crippen LogP contribution in [0, 0.1) is 22.0 Å². The van der Waals surface area contributed by atoms with Crippen LogP contribution in [0.2, 0.25) is 0 Å². The first-order valence-electron chi connectivity index (χ1n) is 11.0. The van der Waals surface area contributed by atoms with Crippen molar-refractivity contribution in [2.24, 2.45) is 11.8 Å². The minimum Gasteiger partial charge on any atom is -0.366 e. The number of benzene rings is 1. The molecule has 29 heavy (non-hydrogen) atoms. The molecular formula is C22H34N4O3. The number of piperidine rings is 2. The van der Waals surface area contributed by atoms with Crippen molar-refractivity contribution in [1.29, 1.82) is 0 Å². The van der Waals surface area contributed by atoms with Crippen molar-refractivity contribution in [3.05, 3.63) is 33.9 Å². The van der Waals surface area contributed by atoms with Gasteiger partial charge in [0, 0.05) is 31.3 Å². The van der Waals surface area contributed by atoms with Crippen LogP contribution in [0.5, 0.6) is 0 Å². The largest absolute Gasteiger partial charge is 0.366 e. The van der Waals surface area contributed by atoms with Crippen LogP contribution < -0.4 is 10.2 Å². The van der Waals surface area contributed by atoms with Gasteiger partial charge in [-0.05, 0) is 75.7 Å². The third-order valence-electron chi connectivity index (χ3n) is 6.24. The standard InChI is InChI=1S/C22H34N4O3/c1-17-8-13-24(14-9-17)11-4-10-23-22(27)19-6-7-20(21(15-19)26(28)29)25-12-3-5-18(2)16-25/h6-7,15,17-18H,3-5,8-14,16H2,1-2H3,(H,23,27). The van der Waals surface area contributed by atoms with Crippen molar-refractivity contribution in [2.75, 3.05) is 44.2 Å². The molecule has 2 heterocycles. The lowest BCUT2D eigenvalue weighted by Crippen LogP contribution is -2.35. The van der Waals surface area contributed by atoms with Crippen molar-refractivity contribution in [3.8, 4) is 0 Å². The van der Waals surface area contributed by atoms with E-state index in [2.05, 4.69) is 29.0 Å². The molecule has 2 fully saturated rings. The van der Waals surface area contributed by atoms with Crippen molar-refractivity contribution in [1.82, 2.24) is 10.2 Å². The van der Waals surface area contributed by atoms with E-state index < -0.39 is 0 Å². The Balaban J connectivity index is 1.54. The monoisotopic (exact) mass is 402 g/mol. The van der Waals surface area contributed by atoms with Gasteiger partial charge in [-0.15, -0.1) is 0 Å². The van der Waals surface area contributed by atoms with E-state index in [-0.39, 0.29) is 16.5 Å². The third kappa shape index (κ3) is 5.92. The Morgan fingerprint density at radius 3 is 2.62 bits per heavy atom. The molecule has 1 N–H and O–H groups in total. The molecule has 7 nitrogen and oxygen atoms in total. The van der Waals surface area contributed by atoms with E-state index in [0.717, 1.165) is 57.9 Å². The number of amides is 1. The summed E-state index contributed by atoms with van der Waals surface area (Å²) in [7, 11) is 0. The van der Waals surface area contributed by atoms with E-state index in [1.54, 1.807) is 12.1 Å². The van der Waals surface area contributed by atoms with Gasteiger partial charge >= 0.3 is 0 Å². The van der Waals surface area contributed by atoms with Crippen LogP contribution in [-0.4, -0.2) is 55.0 Å². The Morgan fingerprint density at radius 1 is 1.17 bits per heavy atom. The average Bonchev–Trinajstić information content (AvgIpc) is 2.72. The maximum absolute atomic E-state index is 12.5. The fraction of sp³-hybridized carbons (Fsp3) is 0.682. The van der Waals surface area contributed by atoms with Gasteiger partial charge in [-0.25, -0.2) is 0 Å². The van der Waals surface area contributed by atoms with Gasteiger partial charge in [-0.1, -0.05) is 13.8 Å². The first kappa shape index (κ1) is 21.6. The highest BCUT2D eigenvalue weighted by molar-refractivity contribution is 5.95. The van der Waals surface area contributed by atoms with Crippen LogP contribution in [0.4, 0.5) is 11.4 Å². The molecule has 0 aliphatic carbocycles. The molecule has 7 heteroatoms. The second kappa shape index (κ2) is 10.1. The van der Waals surface area contributed by atoms with E-state index in [9.17, 15) is 14.9 Å². The molecule has 0 radical (unpaired) electrons. The minimum absolute atomic E-state index is 0.0224. The normalized spacial score (nSPS) is 21.2. The molecule has 160 valence electrons. The Labute approximate surface area is 173 Å². The molecule has 0 bridgehead atoms. The maximum atomic E-state index is 12.5. The van der Waals surface area contributed by atoms with Crippen LogP contribution in [0.3, 0.4) is 0 Å².